The van der Waals surface area contributed by atoms with Crippen LogP contribution in [-0.4, -0.2) is 61.4 Å². The zero-order chi connectivity index (χ0) is 18.5. The SMILES string of the molecule is C=C1N=C(N2CCNCC2)C=CN1c1ccc(CC(C)N(C)CC)cc1. The van der Waals surface area contributed by atoms with Crippen molar-refractivity contribution in [3.05, 3.63) is 54.5 Å². The van der Waals surface area contributed by atoms with Crippen LogP contribution in [-0.2, 0) is 6.42 Å². The van der Waals surface area contributed by atoms with E-state index in [-0.39, 0.29) is 0 Å². The Kier molecular flexibility index (Phi) is 6.12. The van der Waals surface area contributed by atoms with Gasteiger partial charge in [0.1, 0.15) is 11.7 Å². The number of likely N-dealkylation sites (N-methyl/N-ethyl adjacent to an activating group) is 1. The summed E-state index contributed by atoms with van der Waals surface area (Å²) in [6.07, 6.45) is 5.23. The maximum absolute atomic E-state index is 4.72. The Balaban J connectivity index is 1.64. The summed E-state index contributed by atoms with van der Waals surface area (Å²) in [5.74, 6) is 1.79. The van der Waals surface area contributed by atoms with Crippen LogP contribution < -0.4 is 10.2 Å². The van der Waals surface area contributed by atoms with Gasteiger partial charge in [0.15, 0.2) is 0 Å². The lowest BCUT2D eigenvalue weighted by Gasteiger charge is -2.32. The van der Waals surface area contributed by atoms with Crippen molar-refractivity contribution >= 4 is 11.5 Å². The van der Waals surface area contributed by atoms with E-state index >= 15 is 0 Å². The van der Waals surface area contributed by atoms with E-state index in [1.54, 1.807) is 0 Å². The summed E-state index contributed by atoms with van der Waals surface area (Å²) in [7, 11) is 2.18. The fourth-order valence-corrected chi connectivity index (χ4v) is 3.36. The normalized spacial score (nSPS) is 19.1. The van der Waals surface area contributed by atoms with Gasteiger partial charge in [0.05, 0.1) is 0 Å². The molecular formula is C21H31N5. The minimum absolute atomic E-state index is 0.543. The first-order valence-electron chi connectivity index (χ1n) is 9.58. The predicted octanol–water partition coefficient (Wildman–Crippen LogP) is 2.68. The zero-order valence-electron chi connectivity index (χ0n) is 16.3. The molecule has 0 aliphatic carbocycles. The Bertz CT molecular complexity index is 670. The van der Waals surface area contributed by atoms with Crippen LogP contribution in [0.25, 0.3) is 0 Å². The second-order valence-corrected chi connectivity index (χ2v) is 7.10. The van der Waals surface area contributed by atoms with Gasteiger partial charge in [0.25, 0.3) is 0 Å². The average Bonchev–Trinajstić information content (AvgIpc) is 2.68. The first kappa shape index (κ1) is 18.7. The summed E-state index contributed by atoms with van der Waals surface area (Å²) in [5, 5.41) is 3.37. The minimum atomic E-state index is 0.543. The molecule has 26 heavy (non-hydrogen) atoms. The van der Waals surface area contributed by atoms with Gasteiger partial charge in [-0.05, 0) is 50.7 Å². The number of hydrogen-bond acceptors (Lipinski definition) is 5. The van der Waals surface area contributed by atoms with E-state index in [1.165, 1.54) is 5.56 Å². The summed E-state index contributed by atoms with van der Waals surface area (Å²) >= 11 is 0. The van der Waals surface area contributed by atoms with Crippen molar-refractivity contribution in [2.75, 3.05) is 44.7 Å². The Labute approximate surface area is 157 Å². The van der Waals surface area contributed by atoms with Crippen LogP contribution in [0.15, 0.2) is 53.9 Å². The average molecular weight is 354 g/mol. The van der Waals surface area contributed by atoms with E-state index in [2.05, 4.69) is 84.0 Å². The number of aliphatic imine (C=N–C) groups is 1. The van der Waals surface area contributed by atoms with E-state index in [1.807, 2.05) is 0 Å². The monoisotopic (exact) mass is 353 g/mol. The number of hydrogen-bond donors (Lipinski definition) is 1. The highest BCUT2D eigenvalue weighted by Gasteiger charge is 2.18. The molecule has 1 fully saturated rings. The molecular weight excluding hydrogens is 322 g/mol. The van der Waals surface area contributed by atoms with Crippen molar-refractivity contribution in [1.82, 2.24) is 15.1 Å². The van der Waals surface area contributed by atoms with Crippen LogP contribution in [0.1, 0.15) is 19.4 Å². The third-order valence-electron chi connectivity index (χ3n) is 5.33. The molecule has 1 aromatic carbocycles. The quantitative estimate of drug-likeness (QED) is 0.883. The van der Waals surface area contributed by atoms with E-state index in [0.29, 0.717) is 6.04 Å². The highest BCUT2D eigenvalue weighted by Crippen LogP contribution is 2.24. The summed E-state index contributed by atoms with van der Waals surface area (Å²) in [4.78, 5) is 11.5. The van der Waals surface area contributed by atoms with Crippen LogP contribution in [0.2, 0.25) is 0 Å². The lowest BCUT2D eigenvalue weighted by atomic mass is 10.1. The van der Waals surface area contributed by atoms with Gasteiger partial charge >= 0.3 is 0 Å². The Morgan fingerprint density at radius 2 is 1.92 bits per heavy atom. The van der Waals surface area contributed by atoms with Gasteiger partial charge in [-0.3, -0.25) is 0 Å². The van der Waals surface area contributed by atoms with Gasteiger partial charge in [-0.2, -0.15) is 0 Å². The number of anilines is 1. The number of nitrogens with one attached hydrogen (secondary N) is 1. The number of rotatable bonds is 5. The van der Waals surface area contributed by atoms with Gasteiger partial charge in [0.2, 0.25) is 0 Å². The third kappa shape index (κ3) is 4.34. The van der Waals surface area contributed by atoms with Crippen molar-refractivity contribution < 1.29 is 0 Å². The van der Waals surface area contributed by atoms with Crippen molar-refractivity contribution in [2.24, 2.45) is 4.99 Å². The molecule has 2 aliphatic heterocycles. The topological polar surface area (TPSA) is 34.1 Å². The Morgan fingerprint density at radius 3 is 2.54 bits per heavy atom. The van der Waals surface area contributed by atoms with Gasteiger partial charge in [-0.15, -0.1) is 0 Å². The second kappa shape index (κ2) is 8.52. The number of amidine groups is 1. The molecule has 0 amide bonds. The molecule has 2 aliphatic rings. The molecule has 2 heterocycles. The lowest BCUT2D eigenvalue weighted by Crippen LogP contribution is -2.46. The smallest absolute Gasteiger partial charge is 0.132 e. The molecule has 140 valence electrons. The molecule has 1 saturated heterocycles. The Hall–Kier alpha value is -2.11. The zero-order valence-corrected chi connectivity index (χ0v) is 16.3. The largest absolute Gasteiger partial charge is 0.354 e. The van der Waals surface area contributed by atoms with Gasteiger partial charge in [-0.1, -0.05) is 25.6 Å². The molecule has 1 atom stereocenters. The highest BCUT2D eigenvalue weighted by atomic mass is 15.3. The third-order valence-corrected chi connectivity index (χ3v) is 5.33. The molecule has 1 aromatic rings. The van der Waals surface area contributed by atoms with Gasteiger partial charge in [0, 0.05) is 44.1 Å². The van der Waals surface area contributed by atoms with Gasteiger partial charge in [-0.25, -0.2) is 4.99 Å². The molecule has 1 N–H and O–H groups in total. The minimum Gasteiger partial charge on any atom is -0.354 e. The van der Waals surface area contributed by atoms with Crippen LogP contribution >= 0.6 is 0 Å². The number of piperazine rings is 1. The fraction of sp³-hybridized carbons (Fsp3) is 0.476. The van der Waals surface area contributed by atoms with E-state index in [0.717, 1.165) is 56.5 Å². The standard InChI is InChI=1S/C21H31N5/c1-5-24(4)17(2)16-19-6-8-20(9-7-19)26-13-10-21(23-18(26)3)25-14-11-22-12-15-25/h6-10,13,17,22H,3,5,11-12,14-16H2,1-2,4H3. The highest BCUT2D eigenvalue weighted by molar-refractivity contribution is 5.95. The lowest BCUT2D eigenvalue weighted by molar-refractivity contribution is 0.270. The van der Waals surface area contributed by atoms with Crippen LogP contribution in [0.3, 0.4) is 0 Å². The van der Waals surface area contributed by atoms with Crippen LogP contribution in [0.4, 0.5) is 5.69 Å². The maximum Gasteiger partial charge on any atom is 0.132 e. The first-order chi connectivity index (χ1) is 12.6. The van der Waals surface area contributed by atoms with Crippen LogP contribution in [0, 0.1) is 0 Å². The van der Waals surface area contributed by atoms with Crippen molar-refractivity contribution in [1.29, 1.82) is 0 Å². The van der Waals surface area contributed by atoms with Crippen LogP contribution in [0.5, 0.6) is 0 Å². The molecule has 3 rings (SSSR count). The summed E-state index contributed by atoms with van der Waals surface area (Å²) in [6, 6.07) is 9.30. The molecule has 0 spiro atoms. The van der Waals surface area contributed by atoms with E-state index in [9.17, 15) is 0 Å². The van der Waals surface area contributed by atoms with Gasteiger partial charge < -0.3 is 20.0 Å². The molecule has 5 nitrogen and oxygen atoms in total. The molecule has 1 unspecified atom stereocenters. The van der Waals surface area contributed by atoms with E-state index in [4.69, 9.17) is 4.99 Å². The fourth-order valence-electron chi connectivity index (χ4n) is 3.36. The summed E-state index contributed by atoms with van der Waals surface area (Å²) in [6.45, 7) is 13.7. The summed E-state index contributed by atoms with van der Waals surface area (Å²) in [5.41, 5.74) is 2.47. The Morgan fingerprint density at radius 1 is 1.23 bits per heavy atom. The number of benzene rings is 1. The predicted molar refractivity (Wildman–Crippen MR) is 111 cm³/mol. The first-order valence-corrected chi connectivity index (χ1v) is 9.58. The molecule has 0 aromatic heterocycles. The van der Waals surface area contributed by atoms with Crippen molar-refractivity contribution in [3.8, 4) is 0 Å². The van der Waals surface area contributed by atoms with E-state index < -0.39 is 0 Å². The molecule has 0 bridgehead atoms. The summed E-state index contributed by atoms with van der Waals surface area (Å²) < 4.78 is 0. The number of nitrogens with zero attached hydrogens (tertiary/aromatic N) is 4. The van der Waals surface area contributed by atoms with Crippen molar-refractivity contribution in [3.63, 3.8) is 0 Å². The molecule has 0 radical (unpaired) electrons. The van der Waals surface area contributed by atoms with Crippen molar-refractivity contribution in [2.45, 2.75) is 26.3 Å². The second-order valence-electron chi connectivity index (χ2n) is 7.10. The molecule has 0 saturated carbocycles. The maximum atomic E-state index is 4.72. The molecule has 5 heteroatoms.